The fourth-order valence-electron chi connectivity index (χ4n) is 6.06. The molecule has 0 amide bonds. The maximum atomic E-state index is 12.4. The molecule has 1 aromatic heterocycles. The molecule has 2 aliphatic heterocycles. The van der Waals surface area contributed by atoms with Crippen molar-refractivity contribution >= 4 is 23.0 Å². The molecule has 19 nitrogen and oxygen atoms in total. The van der Waals surface area contributed by atoms with Gasteiger partial charge in [-0.05, 0) is 35.9 Å². The van der Waals surface area contributed by atoms with E-state index in [0.29, 0.717) is 5.56 Å². The number of carbonyl (C=O) groups excluding carboxylic acids is 1. The molecule has 3 aromatic carbocycles. The number of ether oxygens (including phenoxy) is 6. The molecule has 19 heteroatoms. The van der Waals surface area contributed by atoms with Gasteiger partial charge in [-0.25, -0.2) is 9.21 Å². The normalized spacial score (nSPS) is 28.0. The number of esters is 1. The molecule has 300 valence electrons. The number of aliphatic hydroxyl groups is 6. The second-order valence-corrected chi connectivity index (χ2v) is 12.9. The van der Waals surface area contributed by atoms with Crippen LogP contribution in [0.2, 0.25) is 0 Å². The van der Waals surface area contributed by atoms with Crippen LogP contribution in [0, 0.1) is 0 Å². The summed E-state index contributed by atoms with van der Waals surface area (Å²) < 4.78 is 39.9. The van der Waals surface area contributed by atoms with Crippen LogP contribution < -0.4 is 9.47 Å². The van der Waals surface area contributed by atoms with Gasteiger partial charge in [-0.2, -0.15) is 0 Å². The van der Waals surface area contributed by atoms with E-state index >= 15 is 0 Å². The second kappa shape index (κ2) is 16.7. The van der Waals surface area contributed by atoms with Crippen molar-refractivity contribution in [2.45, 2.75) is 61.4 Å². The van der Waals surface area contributed by atoms with Gasteiger partial charge < -0.3 is 84.6 Å². The first-order valence-electron chi connectivity index (χ1n) is 16.9. The van der Waals surface area contributed by atoms with Gasteiger partial charge in [0.05, 0.1) is 25.3 Å². The summed E-state index contributed by atoms with van der Waals surface area (Å²) in [6, 6.07) is 11.4. The number of rotatable bonds is 11. The first-order valence-corrected chi connectivity index (χ1v) is 16.9. The van der Waals surface area contributed by atoms with Crippen molar-refractivity contribution in [1.82, 2.24) is 0 Å². The van der Waals surface area contributed by atoms with Crippen LogP contribution in [0.25, 0.3) is 28.4 Å². The average Bonchev–Trinajstić information content (AvgIpc) is 3.17. The van der Waals surface area contributed by atoms with Crippen LogP contribution in [0.3, 0.4) is 0 Å². The summed E-state index contributed by atoms with van der Waals surface area (Å²) in [7, 11) is 1.30. The van der Waals surface area contributed by atoms with Crippen LogP contribution in [0.5, 0.6) is 40.2 Å². The number of aliphatic hydroxyl groups excluding tert-OH is 6. The molecule has 0 bridgehead atoms. The highest BCUT2D eigenvalue weighted by molar-refractivity contribution is 5.89. The molecule has 10 unspecified atom stereocenters. The fourth-order valence-corrected chi connectivity index (χ4v) is 6.06. The van der Waals surface area contributed by atoms with E-state index in [4.69, 9.17) is 32.8 Å². The van der Waals surface area contributed by atoms with E-state index in [1.54, 1.807) is 0 Å². The Bertz CT molecular complexity index is 2070. The number of fused-ring (bicyclic) bond motifs is 1. The van der Waals surface area contributed by atoms with Gasteiger partial charge in [-0.3, -0.25) is 0 Å². The Morgan fingerprint density at radius 3 is 2.18 bits per heavy atom. The molecule has 4 aromatic rings. The number of phenolic OH excluding ortho intramolecular Hbond substituents is 5. The zero-order valence-electron chi connectivity index (χ0n) is 29.2. The van der Waals surface area contributed by atoms with E-state index in [0.717, 1.165) is 12.1 Å². The molecule has 0 radical (unpaired) electrons. The number of phenols is 5. The monoisotopic (exact) mass is 787 g/mol. The Morgan fingerprint density at radius 1 is 0.750 bits per heavy atom. The van der Waals surface area contributed by atoms with E-state index in [1.165, 1.54) is 61.7 Å². The molecular formula is C37H39O19+. The average molecular weight is 788 g/mol. The zero-order valence-corrected chi connectivity index (χ0v) is 29.2. The van der Waals surface area contributed by atoms with Crippen molar-refractivity contribution < 1.29 is 93.8 Å². The number of aromatic hydroxyl groups is 5. The Morgan fingerprint density at radius 2 is 1.46 bits per heavy atom. The van der Waals surface area contributed by atoms with Gasteiger partial charge >= 0.3 is 17.3 Å². The van der Waals surface area contributed by atoms with Crippen LogP contribution >= 0.6 is 0 Å². The molecule has 0 aliphatic carbocycles. The predicted octanol–water partition coefficient (Wildman–Crippen LogP) is 0.185. The third-order valence-corrected chi connectivity index (χ3v) is 9.09. The van der Waals surface area contributed by atoms with Crippen molar-refractivity contribution in [2.24, 2.45) is 0 Å². The number of hydrogen-bond donors (Lipinski definition) is 11. The lowest BCUT2D eigenvalue weighted by molar-refractivity contribution is -0.358. The van der Waals surface area contributed by atoms with Crippen molar-refractivity contribution in [3.05, 3.63) is 66.2 Å². The molecular weight excluding hydrogens is 748 g/mol. The van der Waals surface area contributed by atoms with E-state index in [1.807, 2.05) is 0 Å². The van der Waals surface area contributed by atoms with E-state index in [-0.39, 0.29) is 51.0 Å². The van der Waals surface area contributed by atoms with Crippen LogP contribution in [-0.4, -0.2) is 144 Å². The maximum absolute atomic E-state index is 12.4. The summed E-state index contributed by atoms with van der Waals surface area (Å²) in [4.78, 5) is 12.4. The smallest absolute Gasteiger partial charge is 0.402 e. The molecule has 0 saturated carbocycles. The lowest BCUT2D eigenvalue weighted by atomic mass is 9.97. The topological polar surface area (TPSA) is 306 Å². The summed E-state index contributed by atoms with van der Waals surface area (Å²) in [6.45, 7) is -1.51. The van der Waals surface area contributed by atoms with E-state index < -0.39 is 92.1 Å². The first-order chi connectivity index (χ1) is 26.7. The Labute approximate surface area is 316 Å². The number of methoxy groups -OCH3 is 1. The summed E-state index contributed by atoms with van der Waals surface area (Å²) in [5, 5.41) is 114. The number of benzene rings is 3. The summed E-state index contributed by atoms with van der Waals surface area (Å²) >= 11 is 0. The van der Waals surface area contributed by atoms with Crippen molar-refractivity contribution in [3.8, 4) is 51.6 Å². The fraction of sp³-hybridized carbons (Fsp3) is 0.351. The Balaban J connectivity index is 1.27. The molecule has 56 heavy (non-hydrogen) atoms. The largest absolute Gasteiger partial charge is 0.507 e. The second-order valence-electron chi connectivity index (χ2n) is 12.9. The molecule has 3 heterocycles. The number of hydrogen-bond acceptors (Lipinski definition) is 18. The van der Waals surface area contributed by atoms with Crippen LogP contribution in [-0.2, 0) is 23.7 Å². The van der Waals surface area contributed by atoms with Gasteiger partial charge in [0, 0.05) is 24.3 Å². The minimum atomic E-state index is -2.00. The van der Waals surface area contributed by atoms with Gasteiger partial charge in [0.2, 0.25) is 12.0 Å². The minimum Gasteiger partial charge on any atom is -0.507 e. The van der Waals surface area contributed by atoms with Crippen molar-refractivity contribution in [2.75, 3.05) is 20.3 Å². The standard InChI is InChI=1S/C37H38O19/c1-50-24-9-16(4-6-20(24)41)34-25(12-18-21(42)10-17(39)11-23(18)52-34)53-37-35(32(48)29(45)26(13-38)54-37)56-36-33(49)31(47)30(46)27(55-36)14-51-28(44)7-3-15-2-5-19(40)22(43)8-15/h2-12,26-27,29-33,35-38,45-49H,13-14H2,1H3,(H4-,39,40,41,42,43,44)/p+1. The molecule has 0 spiro atoms. The highest BCUT2D eigenvalue weighted by Gasteiger charge is 2.52. The zero-order chi connectivity index (χ0) is 40.4. The minimum absolute atomic E-state index is 0.0221. The third kappa shape index (κ3) is 8.35. The SMILES string of the molecule is COc1cc(-c2[o+]c3cc(O)cc(O)c3cc2OC2OC(CO)C(O)C(O)C2OC2OC(COC(=O)C=Cc3ccc(O)c(O)c3)C(O)C(O)C2O)ccc1O. The van der Waals surface area contributed by atoms with E-state index in [2.05, 4.69) is 0 Å². The Hall–Kier alpha value is -5.48. The van der Waals surface area contributed by atoms with Crippen LogP contribution in [0.15, 0.2) is 65.1 Å². The lowest BCUT2D eigenvalue weighted by Gasteiger charge is -2.45. The molecule has 2 aliphatic rings. The van der Waals surface area contributed by atoms with Gasteiger partial charge in [0.25, 0.3) is 0 Å². The summed E-state index contributed by atoms with van der Waals surface area (Å²) in [5.74, 6) is -3.03. The quantitative estimate of drug-likeness (QED) is 0.0418. The molecule has 2 saturated heterocycles. The van der Waals surface area contributed by atoms with Gasteiger partial charge in [0.1, 0.15) is 66.2 Å². The molecule has 10 atom stereocenters. The van der Waals surface area contributed by atoms with Crippen LogP contribution in [0.1, 0.15) is 5.56 Å². The molecule has 6 rings (SSSR count). The van der Waals surface area contributed by atoms with Gasteiger partial charge in [-0.1, -0.05) is 6.07 Å². The van der Waals surface area contributed by atoms with Gasteiger partial charge in [0.15, 0.2) is 35.4 Å². The first kappa shape index (κ1) is 40.2. The maximum Gasteiger partial charge on any atom is 0.402 e. The third-order valence-electron chi connectivity index (χ3n) is 9.09. The molecule has 2 fully saturated rings. The van der Waals surface area contributed by atoms with Crippen molar-refractivity contribution in [3.63, 3.8) is 0 Å². The lowest BCUT2D eigenvalue weighted by Crippen LogP contribution is -2.65. The number of carbonyl (C=O) groups is 1. The van der Waals surface area contributed by atoms with Gasteiger partial charge in [-0.15, -0.1) is 0 Å². The van der Waals surface area contributed by atoms with E-state index in [9.17, 15) is 61.0 Å². The Kier molecular flexibility index (Phi) is 12.0. The summed E-state index contributed by atoms with van der Waals surface area (Å²) in [5.41, 5.74) is 0.534. The summed E-state index contributed by atoms with van der Waals surface area (Å²) in [6.07, 6.45) is -15.8. The van der Waals surface area contributed by atoms with Crippen molar-refractivity contribution in [1.29, 1.82) is 0 Å². The molecule has 11 N–H and O–H groups in total. The highest BCUT2D eigenvalue weighted by Crippen LogP contribution is 2.43. The van der Waals surface area contributed by atoms with Crippen LogP contribution in [0.4, 0.5) is 0 Å². The highest BCUT2D eigenvalue weighted by atomic mass is 16.8. The predicted molar refractivity (Wildman–Crippen MR) is 187 cm³/mol.